The van der Waals surface area contributed by atoms with Gasteiger partial charge in [0.25, 0.3) is 0 Å². The Morgan fingerprint density at radius 3 is 1.67 bits per heavy atom. The van der Waals surface area contributed by atoms with Crippen molar-refractivity contribution in [1.29, 1.82) is 0 Å². The fraction of sp³-hybridized carbons (Fsp3) is 0.500. The Morgan fingerprint density at radius 1 is 1.33 bits per heavy atom. The van der Waals surface area contributed by atoms with Gasteiger partial charge in [0, 0.05) is 0 Å². The average Bonchev–Trinajstić information content (AvgIpc) is 1.86. The van der Waals surface area contributed by atoms with Crippen molar-refractivity contribution in [2.75, 3.05) is 0 Å². The standard InChI is InChI=1S/C8H14O/c1-5-8(9,6-2)7(3)4/h5-7,9H,1-2H2,3-4H3. The Kier molecular flexibility index (Phi) is 2.65. The summed E-state index contributed by atoms with van der Waals surface area (Å²) in [7, 11) is 0. The van der Waals surface area contributed by atoms with Crippen molar-refractivity contribution in [3.05, 3.63) is 25.3 Å². The first-order valence-electron chi connectivity index (χ1n) is 3.06. The number of rotatable bonds is 3. The van der Waals surface area contributed by atoms with E-state index in [0.717, 1.165) is 0 Å². The van der Waals surface area contributed by atoms with Crippen molar-refractivity contribution in [2.45, 2.75) is 19.4 Å². The molecule has 0 aromatic rings. The molecule has 0 rings (SSSR count). The van der Waals surface area contributed by atoms with E-state index >= 15 is 0 Å². The maximum Gasteiger partial charge on any atom is 0.103 e. The summed E-state index contributed by atoms with van der Waals surface area (Å²) in [6.07, 6.45) is 3.01. The van der Waals surface area contributed by atoms with Crippen molar-refractivity contribution in [1.82, 2.24) is 0 Å². The largest absolute Gasteiger partial charge is 0.381 e. The van der Waals surface area contributed by atoms with E-state index in [-0.39, 0.29) is 5.92 Å². The van der Waals surface area contributed by atoms with Gasteiger partial charge in [0.05, 0.1) is 0 Å². The minimum atomic E-state index is -0.889. The summed E-state index contributed by atoms with van der Waals surface area (Å²) in [6.45, 7) is 10.8. The first kappa shape index (κ1) is 8.44. The summed E-state index contributed by atoms with van der Waals surface area (Å²) in [5.41, 5.74) is -0.889. The zero-order chi connectivity index (χ0) is 7.49. The van der Waals surface area contributed by atoms with E-state index in [1.54, 1.807) is 0 Å². The van der Waals surface area contributed by atoms with Gasteiger partial charge in [0.1, 0.15) is 5.60 Å². The van der Waals surface area contributed by atoms with E-state index in [0.29, 0.717) is 0 Å². The number of aliphatic hydroxyl groups is 1. The van der Waals surface area contributed by atoms with Crippen molar-refractivity contribution in [3.63, 3.8) is 0 Å². The van der Waals surface area contributed by atoms with Crippen LogP contribution in [0.1, 0.15) is 13.8 Å². The molecule has 0 bridgehead atoms. The summed E-state index contributed by atoms with van der Waals surface area (Å²) < 4.78 is 0. The molecule has 0 radical (unpaired) electrons. The van der Waals surface area contributed by atoms with E-state index in [1.165, 1.54) is 12.2 Å². The Hall–Kier alpha value is -0.560. The smallest absolute Gasteiger partial charge is 0.103 e. The van der Waals surface area contributed by atoms with E-state index in [4.69, 9.17) is 0 Å². The quantitative estimate of drug-likeness (QED) is 0.571. The second-order valence-corrected chi connectivity index (χ2v) is 2.45. The fourth-order valence-electron chi connectivity index (χ4n) is 0.555. The number of hydrogen-bond donors (Lipinski definition) is 1. The zero-order valence-corrected chi connectivity index (χ0v) is 6.09. The van der Waals surface area contributed by atoms with Crippen LogP contribution in [-0.2, 0) is 0 Å². The molecule has 1 heteroatoms. The Balaban J connectivity index is 4.26. The summed E-state index contributed by atoms with van der Waals surface area (Å²) in [4.78, 5) is 0. The summed E-state index contributed by atoms with van der Waals surface area (Å²) in [5, 5.41) is 9.47. The first-order valence-corrected chi connectivity index (χ1v) is 3.06. The van der Waals surface area contributed by atoms with Gasteiger partial charge >= 0.3 is 0 Å². The van der Waals surface area contributed by atoms with Crippen LogP contribution in [0.5, 0.6) is 0 Å². The molecule has 0 aliphatic rings. The van der Waals surface area contributed by atoms with Gasteiger partial charge in [-0.1, -0.05) is 39.2 Å². The molecule has 0 heterocycles. The number of hydrogen-bond acceptors (Lipinski definition) is 1. The molecule has 9 heavy (non-hydrogen) atoms. The van der Waals surface area contributed by atoms with Crippen molar-refractivity contribution < 1.29 is 5.11 Å². The molecular formula is C8H14O. The monoisotopic (exact) mass is 126 g/mol. The summed E-state index contributed by atoms with van der Waals surface area (Å²) >= 11 is 0. The van der Waals surface area contributed by atoms with Crippen LogP contribution in [0.3, 0.4) is 0 Å². The van der Waals surface area contributed by atoms with Gasteiger partial charge in [0.2, 0.25) is 0 Å². The van der Waals surface area contributed by atoms with Gasteiger partial charge in [-0.05, 0) is 5.92 Å². The minimum Gasteiger partial charge on any atom is -0.381 e. The third kappa shape index (κ3) is 1.68. The maximum absolute atomic E-state index is 9.47. The molecular weight excluding hydrogens is 112 g/mol. The summed E-state index contributed by atoms with van der Waals surface area (Å²) in [5.74, 6) is 0.146. The lowest BCUT2D eigenvalue weighted by molar-refractivity contribution is 0.0930. The van der Waals surface area contributed by atoms with Crippen molar-refractivity contribution >= 4 is 0 Å². The summed E-state index contributed by atoms with van der Waals surface area (Å²) in [6, 6.07) is 0. The van der Waals surface area contributed by atoms with Crippen LogP contribution in [0.2, 0.25) is 0 Å². The SMILES string of the molecule is C=CC(O)(C=C)C(C)C. The van der Waals surface area contributed by atoms with Gasteiger partial charge < -0.3 is 5.11 Å². The highest BCUT2D eigenvalue weighted by Gasteiger charge is 2.21. The van der Waals surface area contributed by atoms with Gasteiger partial charge in [-0.2, -0.15) is 0 Å². The Labute approximate surface area is 56.7 Å². The molecule has 0 saturated heterocycles. The minimum absolute atomic E-state index is 0.146. The zero-order valence-electron chi connectivity index (χ0n) is 6.09. The van der Waals surface area contributed by atoms with Crippen LogP contribution in [-0.4, -0.2) is 10.7 Å². The molecule has 1 nitrogen and oxygen atoms in total. The molecule has 52 valence electrons. The van der Waals surface area contributed by atoms with Gasteiger partial charge in [0.15, 0.2) is 0 Å². The Bertz CT molecular complexity index is 106. The van der Waals surface area contributed by atoms with Crippen LogP contribution in [0, 0.1) is 5.92 Å². The highest BCUT2D eigenvalue weighted by atomic mass is 16.3. The molecule has 0 aromatic carbocycles. The van der Waals surface area contributed by atoms with Crippen LogP contribution < -0.4 is 0 Å². The highest BCUT2D eigenvalue weighted by Crippen LogP contribution is 2.18. The van der Waals surface area contributed by atoms with Gasteiger partial charge in [-0.15, -0.1) is 0 Å². The molecule has 0 aliphatic heterocycles. The predicted molar refractivity (Wildman–Crippen MR) is 40.2 cm³/mol. The second-order valence-electron chi connectivity index (χ2n) is 2.45. The lowest BCUT2D eigenvalue weighted by Crippen LogP contribution is -2.28. The van der Waals surface area contributed by atoms with Crippen molar-refractivity contribution in [3.8, 4) is 0 Å². The van der Waals surface area contributed by atoms with Crippen LogP contribution in [0.15, 0.2) is 25.3 Å². The van der Waals surface area contributed by atoms with E-state index in [1.807, 2.05) is 13.8 Å². The molecule has 0 spiro atoms. The van der Waals surface area contributed by atoms with E-state index in [9.17, 15) is 5.11 Å². The predicted octanol–water partition coefficient (Wildman–Crippen LogP) is 1.75. The molecule has 1 N–H and O–H groups in total. The Morgan fingerprint density at radius 2 is 1.67 bits per heavy atom. The third-order valence-corrected chi connectivity index (χ3v) is 1.58. The lowest BCUT2D eigenvalue weighted by atomic mass is 9.91. The van der Waals surface area contributed by atoms with Crippen LogP contribution >= 0.6 is 0 Å². The molecule has 0 aliphatic carbocycles. The normalized spacial score (nSPS) is 11.6. The fourth-order valence-corrected chi connectivity index (χ4v) is 0.555. The van der Waals surface area contributed by atoms with Crippen LogP contribution in [0.4, 0.5) is 0 Å². The topological polar surface area (TPSA) is 20.2 Å². The molecule has 0 unspecified atom stereocenters. The van der Waals surface area contributed by atoms with E-state index < -0.39 is 5.60 Å². The lowest BCUT2D eigenvalue weighted by Gasteiger charge is -2.23. The molecule has 0 aromatic heterocycles. The third-order valence-electron chi connectivity index (χ3n) is 1.58. The molecule has 0 amide bonds. The van der Waals surface area contributed by atoms with Crippen LogP contribution in [0.25, 0.3) is 0 Å². The average molecular weight is 126 g/mol. The maximum atomic E-state index is 9.47. The molecule has 0 fully saturated rings. The van der Waals surface area contributed by atoms with Gasteiger partial charge in [-0.3, -0.25) is 0 Å². The van der Waals surface area contributed by atoms with E-state index in [2.05, 4.69) is 13.2 Å². The van der Waals surface area contributed by atoms with Gasteiger partial charge in [-0.25, -0.2) is 0 Å². The first-order chi connectivity index (χ1) is 4.06. The second kappa shape index (κ2) is 2.83. The molecule has 0 atom stereocenters. The molecule has 0 saturated carbocycles. The van der Waals surface area contributed by atoms with Crippen molar-refractivity contribution in [2.24, 2.45) is 5.92 Å². The highest BCUT2D eigenvalue weighted by molar-refractivity contribution is 5.09.